The average Bonchev–Trinajstić information content (AvgIpc) is 2.76. The van der Waals surface area contributed by atoms with Gasteiger partial charge in [0.25, 0.3) is 0 Å². The van der Waals surface area contributed by atoms with Crippen LogP contribution in [0.1, 0.15) is 5.89 Å². The molecule has 0 aliphatic rings. The predicted octanol–water partition coefficient (Wildman–Crippen LogP) is 0.781. The van der Waals surface area contributed by atoms with Crippen LogP contribution < -0.4 is 15.2 Å². The van der Waals surface area contributed by atoms with Gasteiger partial charge in [-0.05, 0) is 24.3 Å². The number of aromatic nitrogens is 2. The number of nitrogens with zero attached hydrogens (tertiary/aromatic N) is 2. The van der Waals surface area contributed by atoms with Crippen LogP contribution in [0.15, 0.2) is 28.7 Å². The fourth-order valence-corrected chi connectivity index (χ4v) is 2.11. The predicted molar refractivity (Wildman–Crippen MR) is 72.8 cm³/mol. The van der Waals surface area contributed by atoms with Crippen molar-refractivity contribution >= 4 is 21.7 Å². The summed E-state index contributed by atoms with van der Waals surface area (Å²) >= 11 is 0. The van der Waals surface area contributed by atoms with E-state index in [0.29, 0.717) is 11.4 Å². The first-order valence-electron chi connectivity index (χ1n) is 5.73. The molecule has 2 rings (SSSR count). The zero-order valence-corrected chi connectivity index (χ0v) is 11.6. The minimum Gasteiger partial charge on any atom is -0.492 e. The maximum atomic E-state index is 11.7. The molecule has 0 aliphatic heterocycles. The molecule has 9 heteroatoms. The highest BCUT2D eigenvalue weighted by molar-refractivity contribution is 7.92. The Bertz CT molecular complexity index is 666. The Kier molecular flexibility index (Phi) is 4.08. The second-order valence-corrected chi connectivity index (χ2v) is 5.81. The summed E-state index contributed by atoms with van der Waals surface area (Å²) in [7, 11) is -3.60. The van der Waals surface area contributed by atoms with Crippen LogP contribution in [-0.4, -0.2) is 31.0 Å². The third-order valence-electron chi connectivity index (χ3n) is 2.27. The topological polar surface area (TPSA) is 120 Å². The standard InChI is InChI=1S/C11H14N4O4S/c1-8-13-14-11(19-8)15-20(16,17)7-6-18-10-4-2-9(12)3-5-10/h2-5H,6-7,12H2,1H3,(H,14,15). The number of benzene rings is 1. The molecule has 0 atom stereocenters. The minimum atomic E-state index is -3.60. The van der Waals surface area contributed by atoms with E-state index in [0.717, 1.165) is 0 Å². The third-order valence-corrected chi connectivity index (χ3v) is 3.46. The first-order chi connectivity index (χ1) is 9.44. The summed E-state index contributed by atoms with van der Waals surface area (Å²) in [5.41, 5.74) is 6.14. The first-order valence-corrected chi connectivity index (χ1v) is 7.39. The van der Waals surface area contributed by atoms with Gasteiger partial charge in [-0.25, -0.2) is 13.1 Å². The van der Waals surface area contributed by atoms with E-state index in [1.165, 1.54) is 0 Å². The molecule has 0 saturated carbocycles. The minimum absolute atomic E-state index is 0.00757. The Morgan fingerprint density at radius 3 is 2.60 bits per heavy atom. The van der Waals surface area contributed by atoms with Crippen molar-refractivity contribution in [3.8, 4) is 5.75 Å². The van der Waals surface area contributed by atoms with Crippen LogP contribution in [0.5, 0.6) is 5.75 Å². The van der Waals surface area contributed by atoms with E-state index in [1.807, 2.05) is 0 Å². The summed E-state index contributed by atoms with van der Waals surface area (Å²) in [5.74, 6) is 0.586. The summed E-state index contributed by atoms with van der Waals surface area (Å²) in [6, 6.07) is 6.51. The molecule has 0 saturated heterocycles. The van der Waals surface area contributed by atoms with E-state index in [9.17, 15) is 8.42 Å². The van der Waals surface area contributed by atoms with Gasteiger partial charge >= 0.3 is 6.01 Å². The van der Waals surface area contributed by atoms with E-state index in [-0.39, 0.29) is 24.3 Å². The van der Waals surface area contributed by atoms with Gasteiger partial charge in [0.15, 0.2) is 0 Å². The van der Waals surface area contributed by atoms with Crippen molar-refractivity contribution in [1.82, 2.24) is 10.2 Å². The number of hydrogen-bond acceptors (Lipinski definition) is 7. The van der Waals surface area contributed by atoms with Crippen molar-refractivity contribution in [2.75, 3.05) is 22.8 Å². The van der Waals surface area contributed by atoms with Crippen LogP contribution in [-0.2, 0) is 10.0 Å². The number of hydrogen-bond donors (Lipinski definition) is 2. The summed E-state index contributed by atoms with van der Waals surface area (Å²) in [6.07, 6.45) is 0. The normalized spacial score (nSPS) is 11.2. The van der Waals surface area contributed by atoms with Crippen molar-refractivity contribution in [2.24, 2.45) is 0 Å². The molecule has 2 aromatic rings. The van der Waals surface area contributed by atoms with Gasteiger partial charge in [-0.3, -0.25) is 0 Å². The van der Waals surface area contributed by atoms with Gasteiger partial charge < -0.3 is 14.9 Å². The zero-order valence-electron chi connectivity index (χ0n) is 10.7. The molecular weight excluding hydrogens is 284 g/mol. The molecule has 1 heterocycles. The van der Waals surface area contributed by atoms with Gasteiger partial charge in [-0.1, -0.05) is 5.10 Å². The summed E-state index contributed by atoms with van der Waals surface area (Å²) in [6.45, 7) is 1.56. The fraction of sp³-hybridized carbons (Fsp3) is 0.273. The lowest BCUT2D eigenvalue weighted by atomic mass is 10.3. The highest BCUT2D eigenvalue weighted by Gasteiger charge is 2.14. The van der Waals surface area contributed by atoms with Gasteiger partial charge in [0, 0.05) is 12.6 Å². The molecular formula is C11H14N4O4S. The van der Waals surface area contributed by atoms with Crippen molar-refractivity contribution in [3.63, 3.8) is 0 Å². The molecule has 8 nitrogen and oxygen atoms in total. The Morgan fingerprint density at radius 1 is 1.30 bits per heavy atom. The second-order valence-electron chi connectivity index (χ2n) is 3.96. The number of ether oxygens (including phenoxy) is 1. The maximum absolute atomic E-state index is 11.7. The third kappa shape index (κ3) is 4.12. The maximum Gasteiger partial charge on any atom is 0.329 e. The largest absolute Gasteiger partial charge is 0.492 e. The SMILES string of the molecule is Cc1nnc(NS(=O)(=O)CCOc2ccc(N)cc2)o1. The summed E-state index contributed by atoms with van der Waals surface area (Å²) in [5, 5.41) is 7.07. The quantitative estimate of drug-likeness (QED) is 0.756. The van der Waals surface area contributed by atoms with Crippen LogP contribution in [0.4, 0.5) is 11.7 Å². The average molecular weight is 298 g/mol. The van der Waals surface area contributed by atoms with Crippen LogP contribution in [0, 0.1) is 6.92 Å². The Hall–Kier alpha value is -2.29. The lowest BCUT2D eigenvalue weighted by molar-refractivity contribution is 0.341. The first kappa shape index (κ1) is 14.1. The van der Waals surface area contributed by atoms with E-state index in [2.05, 4.69) is 14.9 Å². The summed E-state index contributed by atoms with van der Waals surface area (Å²) < 4.78 is 35.8. The number of rotatable bonds is 6. The molecule has 1 aromatic heterocycles. The number of nitrogens with one attached hydrogen (secondary N) is 1. The van der Waals surface area contributed by atoms with E-state index < -0.39 is 10.0 Å². The molecule has 0 aliphatic carbocycles. The molecule has 0 unspecified atom stereocenters. The lowest BCUT2D eigenvalue weighted by Gasteiger charge is -2.07. The number of sulfonamides is 1. The van der Waals surface area contributed by atoms with E-state index >= 15 is 0 Å². The monoisotopic (exact) mass is 298 g/mol. The second kappa shape index (κ2) is 5.78. The molecule has 0 bridgehead atoms. The molecule has 0 radical (unpaired) electrons. The van der Waals surface area contributed by atoms with Gasteiger partial charge in [-0.15, -0.1) is 5.10 Å². The van der Waals surface area contributed by atoms with Crippen molar-refractivity contribution < 1.29 is 17.6 Å². The van der Waals surface area contributed by atoms with Gasteiger partial charge in [-0.2, -0.15) is 0 Å². The molecule has 0 spiro atoms. The van der Waals surface area contributed by atoms with E-state index in [1.54, 1.807) is 31.2 Å². The van der Waals surface area contributed by atoms with Crippen LogP contribution in [0.25, 0.3) is 0 Å². The number of nitrogens with two attached hydrogens (primary N) is 1. The summed E-state index contributed by atoms with van der Waals surface area (Å²) in [4.78, 5) is 0. The van der Waals surface area contributed by atoms with Crippen LogP contribution in [0.3, 0.4) is 0 Å². The molecule has 1 aromatic carbocycles. The Balaban J connectivity index is 1.84. The lowest BCUT2D eigenvalue weighted by Crippen LogP contribution is -2.21. The van der Waals surface area contributed by atoms with Crippen molar-refractivity contribution in [3.05, 3.63) is 30.2 Å². The van der Waals surface area contributed by atoms with Gasteiger partial charge in [0.05, 0.1) is 0 Å². The number of aryl methyl sites for hydroxylation is 1. The Morgan fingerprint density at radius 2 is 2.00 bits per heavy atom. The zero-order chi connectivity index (χ0) is 14.6. The fourth-order valence-electron chi connectivity index (χ4n) is 1.36. The molecule has 20 heavy (non-hydrogen) atoms. The molecule has 0 fully saturated rings. The number of anilines is 2. The van der Waals surface area contributed by atoms with Gasteiger partial charge in [0.1, 0.15) is 18.1 Å². The smallest absolute Gasteiger partial charge is 0.329 e. The van der Waals surface area contributed by atoms with Gasteiger partial charge in [0.2, 0.25) is 15.9 Å². The highest BCUT2D eigenvalue weighted by Crippen LogP contribution is 2.13. The molecule has 0 amide bonds. The Labute approximate surface area is 116 Å². The highest BCUT2D eigenvalue weighted by atomic mass is 32.2. The van der Waals surface area contributed by atoms with Crippen molar-refractivity contribution in [2.45, 2.75) is 6.92 Å². The molecule has 108 valence electrons. The van der Waals surface area contributed by atoms with Crippen molar-refractivity contribution in [1.29, 1.82) is 0 Å². The van der Waals surface area contributed by atoms with E-state index in [4.69, 9.17) is 14.9 Å². The van der Waals surface area contributed by atoms with Crippen LogP contribution >= 0.6 is 0 Å². The molecule has 3 N–H and O–H groups in total. The number of nitrogen functional groups attached to an aromatic ring is 1. The van der Waals surface area contributed by atoms with Crippen LogP contribution in [0.2, 0.25) is 0 Å².